The van der Waals surface area contributed by atoms with Gasteiger partial charge in [0.15, 0.2) is 0 Å². The van der Waals surface area contributed by atoms with Gasteiger partial charge in [0.25, 0.3) is 0 Å². The molecule has 1 aromatic rings. The van der Waals surface area contributed by atoms with Crippen LogP contribution in [0.2, 0.25) is 0 Å². The topological polar surface area (TPSA) is 53.1 Å². The second-order valence-corrected chi connectivity index (χ2v) is 4.37. The molecule has 0 spiro atoms. The Kier molecular flexibility index (Phi) is 3.07. The number of ether oxygens (including phenoxy) is 1. The summed E-state index contributed by atoms with van der Waals surface area (Å²) >= 11 is 0. The van der Waals surface area contributed by atoms with Gasteiger partial charge in [0.1, 0.15) is 0 Å². The molecule has 0 aromatic carbocycles. The van der Waals surface area contributed by atoms with Crippen molar-refractivity contribution in [3.8, 4) is 0 Å². The summed E-state index contributed by atoms with van der Waals surface area (Å²) in [5.74, 6) is 0. The van der Waals surface area contributed by atoms with Gasteiger partial charge in [-0.1, -0.05) is 0 Å². The van der Waals surface area contributed by atoms with Crippen molar-refractivity contribution in [1.82, 2.24) is 9.55 Å². The van der Waals surface area contributed by atoms with Gasteiger partial charge >= 0.3 is 0 Å². The zero-order valence-electron chi connectivity index (χ0n) is 9.39. The monoisotopic (exact) mass is 209 g/mol. The number of hydrogen-bond acceptors (Lipinski definition) is 3. The molecule has 0 aliphatic carbocycles. The lowest BCUT2D eigenvalue weighted by molar-refractivity contribution is 0.00532. The molecule has 15 heavy (non-hydrogen) atoms. The van der Waals surface area contributed by atoms with Crippen molar-refractivity contribution in [1.29, 1.82) is 0 Å². The van der Waals surface area contributed by atoms with Gasteiger partial charge in [-0.3, -0.25) is 0 Å². The Morgan fingerprint density at radius 1 is 1.67 bits per heavy atom. The van der Waals surface area contributed by atoms with E-state index < -0.39 is 0 Å². The molecule has 1 saturated heterocycles. The lowest BCUT2D eigenvalue weighted by Gasteiger charge is -2.29. The van der Waals surface area contributed by atoms with Gasteiger partial charge in [0, 0.05) is 24.9 Å². The Morgan fingerprint density at radius 3 is 3.13 bits per heavy atom. The highest BCUT2D eigenvalue weighted by Crippen LogP contribution is 2.27. The van der Waals surface area contributed by atoms with Gasteiger partial charge in [-0.25, -0.2) is 4.98 Å². The third-order valence-electron chi connectivity index (χ3n) is 3.01. The molecule has 3 atom stereocenters. The van der Waals surface area contributed by atoms with E-state index in [-0.39, 0.29) is 6.04 Å². The zero-order chi connectivity index (χ0) is 10.8. The van der Waals surface area contributed by atoms with Crippen molar-refractivity contribution in [2.45, 2.75) is 44.9 Å². The zero-order valence-corrected chi connectivity index (χ0v) is 9.39. The SMILES string of the molecule is CC1CC(n2cncc2[C@@H](C)N)CCO1. The van der Waals surface area contributed by atoms with Crippen molar-refractivity contribution in [3.05, 3.63) is 18.2 Å². The molecule has 0 bridgehead atoms. The maximum absolute atomic E-state index is 5.91. The molecular formula is C11H19N3O. The minimum Gasteiger partial charge on any atom is -0.378 e. The first-order valence-electron chi connectivity index (χ1n) is 5.57. The van der Waals surface area contributed by atoms with Crippen LogP contribution in [0.25, 0.3) is 0 Å². The van der Waals surface area contributed by atoms with Crippen molar-refractivity contribution in [2.75, 3.05) is 6.61 Å². The summed E-state index contributed by atoms with van der Waals surface area (Å²) in [7, 11) is 0. The van der Waals surface area contributed by atoms with Crippen LogP contribution >= 0.6 is 0 Å². The summed E-state index contributed by atoms with van der Waals surface area (Å²) in [6, 6.07) is 0.544. The molecule has 4 heteroatoms. The van der Waals surface area contributed by atoms with E-state index >= 15 is 0 Å². The van der Waals surface area contributed by atoms with Crippen LogP contribution in [0.1, 0.15) is 44.5 Å². The smallest absolute Gasteiger partial charge is 0.0951 e. The summed E-state index contributed by atoms with van der Waals surface area (Å²) in [6.07, 6.45) is 6.20. The van der Waals surface area contributed by atoms with E-state index in [1.165, 1.54) is 0 Å². The molecular weight excluding hydrogens is 190 g/mol. The number of aromatic nitrogens is 2. The van der Waals surface area contributed by atoms with E-state index in [9.17, 15) is 0 Å². The Hall–Kier alpha value is -0.870. The van der Waals surface area contributed by atoms with E-state index in [1.807, 2.05) is 19.4 Å². The van der Waals surface area contributed by atoms with E-state index in [0.29, 0.717) is 12.1 Å². The molecule has 0 amide bonds. The fraction of sp³-hybridized carbons (Fsp3) is 0.727. The van der Waals surface area contributed by atoms with Crippen molar-refractivity contribution in [3.63, 3.8) is 0 Å². The van der Waals surface area contributed by atoms with Crippen molar-refractivity contribution in [2.24, 2.45) is 5.73 Å². The van der Waals surface area contributed by atoms with Crippen LogP contribution in [-0.2, 0) is 4.74 Å². The van der Waals surface area contributed by atoms with Crippen molar-refractivity contribution >= 4 is 0 Å². The van der Waals surface area contributed by atoms with E-state index in [0.717, 1.165) is 25.1 Å². The normalized spacial score (nSPS) is 29.0. The molecule has 2 N–H and O–H groups in total. The largest absolute Gasteiger partial charge is 0.378 e. The number of imidazole rings is 1. The average molecular weight is 209 g/mol. The quantitative estimate of drug-likeness (QED) is 0.805. The van der Waals surface area contributed by atoms with Crippen LogP contribution in [0.15, 0.2) is 12.5 Å². The summed E-state index contributed by atoms with van der Waals surface area (Å²) in [6.45, 7) is 4.95. The van der Waals surface area contributed by atoms with Crippen LogP contribution in [0.4, 0.5) is 0 Å². The predicted octanol–water partition coefficient (Wildman–Crippen LogP) is 1.64. The fourth-order valence-electron chi connectivity index (χ4n) is 2.20. The Labute approximate surface area is 90.4 Å². The van der Waals surface area contributed by atoms with Gasteiger partial charge in [0.2, 0.25) is 0 Å². The summed E-state index contributed by atoms with van der Waals surface area (Å²) < 4.78 is 7.75. The molecule has 84 valence electrons. The Bertz CT molecular complexity index is 321. The van der Waals surface area contributed by atoms with E-state index in [4.69, 9.17) is 10.5 Å². The van der Waals surface area contributed by atoms with Crippen LogP contribution in [0, 0.1) is 0 Å². The second kappa shape index (κ2) is 4.33. The number of rotatable bonds is 2. The summed E-state index contributed by atoms with van der Waals surface area (Å²) in [5, 5.41) is 0. The first kappa shape index (κ1) is 10.6. The van der Waals surface area contributed by atoms with Gasteiger partial charge in [-0.05, 0) is 26.7 Å². The Morgan fingerprint density at radius 2 is 2.47 bits per heavy atom. The minimum absolute atomic E-state index is 0.0469. The maximum atomic E-state index is 5.91. The first-order valence-corrected chi connectivity index (χ1v) is 5.57. The van der Waals surface area contributed by atoms with E-state index in [1.54, 1.807) is 0 Å². The lowest BCUT2D eigenvalue weighted by Crippen LogP contribution is -2.27. The highest BCUT2D eigenvalue weighted by molar-refractivity contribution is 5.05. The lowest BCUT2D eigenvalue weighted by atomic mass is 10.0. The van der Waals surface area contributed by atoms with Gasteiger partial charge < -0.3 is 15.0 Å². The summed E-state index contributed by atoms with van der Waals surface area (Å²) in [4.78, 5) is 4.19. The molecule has 2 rings (SSSR count). The fourth-order valence-corrected chi connectivity index (χ4v) is 2.20. The molecule has 0 radical (unpaired) electrons. The van der Waals surface area contributed by atoms with Crippen LogP contribution in [0.5, 0.6) is 0 Å². The minimum atomic E-state index is 0.0469. The number of hydrogen-bond donors (Lipinski definition) is 1. The molecule has 1 fully saturated rings. The predicted molar refractivity (Wildman–Crippen MR) is 58.5 cm³/mol. The average Bonchev–Trinajstić information content (AvgIpc) is 2.65. The standard InChI is InChI=1S/C11H19N3O/c1-8-5-10(3-4-15-8)14-7-13-6-11(14)9(2)12/h6-10H,3-5,12H2,1-2H3/t8?,9-,10?/m1/s1. The first-order chi connectivity index (χ1) is 7.18. The molecule has 0 saturated carbocycles. The van der Waals surface area contributed by atoms with Gasteiger partial charge in [-0.2, -0.15) is 0 Å². The molecule has 1 aliphatic rings. The molecule has 2 heterocycles. The highest BCUT2D eigenvalue weighted by Gasteiger charge is 2.22. The third-order valence-corrected chi connectivity index (χ3v) is 3.01. The number of nitrogens with zero attached hydrogens (tertiary/aromatic N) is 2. The molecule has 1 aliphatic heterocycles. The van der Waals surface area contributed by atoms with Crippen molar-refractivity contribution < 1.29 is 4.74 Å². The third kappa shape index (κ3) is 2.21. The van der Waals surface area contributed by atoms with Gasteiger partial charge in [-0.15, -0.1) is 0 Å². The molecule has 2 unspecified atom stereocenters. The molecule has 4 nitrogen and oxygen atoms in total. The van der Waals surface area contributed by atoms with Gasteiger partial charge in [0.05, 0.1) is 18.1 Å². The Balaban J connectivity index is 2.17. The molecule has 1 aromatic heterocycles. The second-order valence-electron chi connectivity index (χ2n) is 4.37. The van der Waals surface area contributed by atoms with Crippen LogP contribution in [0.3, 0.4) is 0 Å². The summed E-state index contributed by atoms with van der Waals surface area (Å²) in [5.41, 5.74) is 7.03. The van der Waals surface area contributed by atoms with Crippen LogP contribution in [-0.4, -0.2) is 22.3 Å². The highest BCUT2D eigenvalue weighted by atomic mass is 16.5. The number of nitrogens with two attached hydrogens (primary N) is 1. The van der Waals surface area contributed by atoms with Crippen LogP contribution < -0.4 is 5.73 Å². The maximum Gasteiger partial charge on any atom is 0.0951 e. The van der Waals surface area contributed by atoms with E-state index in [2.05, 4.69) is 16.5 Å².